The average Bonchev–Trinajstić information content (AvgIpc) is 3.16. The monoisotopic (exact) mass is 258 g/mol. The first-order valence-electron chi connectivity index (χ1n) is 6.73. The van der Waals surface area contributed by atoms with E-state index in [4.69, 9.17) is 9.84 Å². The molecule has 0 heterocycles. The number of carbonyl (C=O) groups is 1. The van der Waals surface area contributed by atoms with Crippen molar-refractivity contribution in [2.24, 2.45) is 5.92 Å². The second-order valence-corrected chi connectivity index (χ2v) is 5.07. The molecule has 1 rings (SSSR count). The van der Waals surface area contributed by atoms with Gasteiger partial charge in [-0.15, -0.1) is 0 Å². The van der Waals surface area contributed by atoms with Gasteiger partial charge in [0.05, 0.1) is 6.61 Å². The highest BCUT2D eigenvalue weighted by atomic mass is 16.5. The Labute approximate surface area is 109 Å². The van der Waals surface area contributed by atoms with Gasteiger partial charge in [0.1, 0.15) is 6.04 Å². The standard InChI is InChI=1S/C13H26N2O3/c1-10(11-4-5-11)15(8-9-18-3)7-6-12(14-2)13(16)17/h10-12,14H,4-9H2,1-3H3,(H,16,17). The van der Waals surface area contributed by atoms with E-state index in [-0.39, 0.29) is 0 Å². The van der Waals surface area contributed by atoms with Crippen molar-refractivity contribution in [3.63, 3.8) is 0 Å². The number of aliphatic carboxylic acids is 1. The van der Waals surface area contributed by atoms with Crippen LogP contribution >= 0.6 is 0 Å². The fourth-order valence-electron chi connectivity index (χ4n) is 2.29. The van der Waals surface area contributed by atoms with E-state index in [1.54, 1.807) is 14.2 Å². The van der Waals surface area contributed by atoms with Crippen molar-refractivity contribution in [2.45, 2.75) is 38.3 Å². The molecule has 1 aliphatic rings. The lowest BCUT2D eigenvalue weighted by Gasteiger charge is -2.29. The van der Waals surface area contributed by atoms with Gasteiger partial charge in [0.25, 0.3) is 0 Å². The van der Waals surface area contributed by atoms with E-state index in [0.29, 0.717) is 19.1 Å². The predicted molar refractivity (Wildman–Crippen MR) is 70.7 cm³/mol. The number of methoxy groups -OCH3 is 1. The molecule has 0 aromatic carbocycles. The molecule has 0 aliphatic heterocycles. The molecule has 0 saturated heterocycles. The molecule has 2 atom stereocenters. The van der Waals surface area contributed by atoms with Gasteiger partial charge in [0.2, 0.25) is 0 Å². The molecule has 5 nitrogen and oxygen atoms in total. The van der Waals surface area contributed by atoms with Crippen molar-refractivity contribution in [1.82, 2.24) is 10.2 Å². The zero-order valence-corrected chi connectivity index (χ0v) is 11.7. The third kappa shape index (κ3) is 4.92. The first kappa shape index (κ1) is 15.4. The number of carboxylic acids is 1. The predicted octanol–water partition coefficient (Wildman–Crippen LogP) is 0.796. The Balaban J connectivity index is 2.41. The van der Waals surface area contributed by atoms with E-state index in [9.17, 15) is 4.79 Å². The lowest BCUT2D eigenvalue weighted by molar-refractivity contribution is -0.139. The van der Waals surface area contributed by atoms with Crippen molar-refractivity contribution >= 4 is 5.97 Å². The normalized spacial score (nSPS) is 18.9. The maximum Gasteiger partial charge on any atom is 0.320 e. The molecule has 0 amide bonds. The van der Waals surface area contributed by atoms with E-state index < -0.39 is 12.0 Å². The van der Waals surface area contributed by atoms with Crippen LogP contribution in [-0.2, 0) is 9.53 Å². The van der Waals surface area contributed by atoms with Gasteiger partial charge in [-0.1, -0.05) is 0 Å². The van der Waals surface area contributed by atoms with Crippen molar-refractivity contribution in [2.75, 3.05) is 33.9 Å². The van der Waals surface area contributed by atoms with Crippen molar-refractivity contribution in [3.05, 3.63) is 0 Å². The summed E-state index contributed by atoms with van der Waals surface area (Å²) in [6.07, 6.45) is 3.24. The van der Waals surface area contributed by atoms with Crippen LogP contribution in [-0.4, -0.2) is 61.9 Å². The van der Waals surface area contributed by atoms with Crippen LogP contribution in [0.4, 0.5) is 0 Å². The van der Waals surface area contributed by atoms with Crippen LogP contribution < -0.4 is 5.32 Å². The molecule has 2 unspecified atom stereocenters. The maximum atomic E-state index is 11.0. The summed E-state index contributed by atoms with van der Waals surface area (Å²) in [5.41, 5.74) is 0. The quantitative estimate of drug-likeness (QED) is 0.607. The third-order valence-electron chi connectivity index (χ3n) is 3.81. The lowest BCUT2D eigenvalue weighted by atomic mass is 10.1. The molecule has 1 fully saturated rings. The zero-order chi connectivity index (χ0) is 13.5. The Morgan fingerprint density at radius 1 is 1.50 bits per heavy atom. The lowest BCUT2D eigenvalue weighted by Crippen LogP contribution is -2.42. The van der Waals surface area contributed by atoms with Crippen LogP contribution in [0, 0.1) is 5.92 Å². The fourth-order valence-corrected chi connectivity index (χ4v) is 2.29. The molecule has 2 N–H and O–H groups in total. The van der Waals surface area contributed by atoms with Crippen LogP contribution in [0.1, 0.15) is 26.2 Å². The van der Waals surface area contributed by atoms with Crippen LogP contribution in [0.3, 0.4) is 0 Å². The molecular weight excluding hydrogens is 232 g/mol. The fraction of sp³-hybridized carbons (Fsp3) is 0.923. The molecule has 18 heavy (non-hydrogen) atoms. The Kier molecular flexibility index (Phi) is 6.60. The minimum absolute atomic E-state index is 0.457. The van der Waals surface area contributed by atoms with Gasteiger partial charge in [0, 0.05) is 26.2 Å². The van der Waals surface area contributed by atoms with Crippen LogP contribution in [0.15, 0.2) is 0 Å². The summed E-state index contributed by atoms with van der Waals surface area (Å²) in [6, 6.07) is 0.0768. The largest absolute Gasteiger partial charge is 0.480 e. The Hall–Kier alpha value is -0.650. The number of nitrogens with one attached hydrogen (secondary N) is 1. The molecule has 0 aromatic rings. The number of hydrogen-bond acceptors (Lipinski definition) is 4. The summed E-state index contributed by atoms with van der Waals surface area (Å²) in [5.74, 6) is 0.0167. The van der Waals surface area contributed by atoms with Gasteiger partial charge in [-0.3, -0.25) is 9.69 Å². The molecule has 106 valence electrons. The van der Waals surface area contributed by atoms with E-state index in [1.165, 1.54) is 12.8 Å². The van der Waals surface area contributed by atoms with Crippen LogP contribution in [0.5, 0.6) is 0 Å². The molecule has 5 heteroatoms. The summed E-state index contributed by atoms with van der Waals surface area (Å²) < 4.78 is 5.13. The first-order valence-corrected chi connectivity index (χ1v) is 6.73. The first-order chi connectivity index (χ1) is 8.60. The van der Waals surface area contributed by atoms with Crippen LogP contribution in [0.2, 0.25) is 0 Å². The number of carboxylic acid groups (broad SMARTS) is 1. The molecule has 0 aromatic heterocycles. The molecule has 1 aliphatic carbocycles. The molecule has 0 spiro atoms. The zero-order valence-electron chi connectivity index (χ0n) is 11.7. The van der Waals surface area contributed by atoms with Crippen molar-refractivity contribution in [3.8, 4) is 0 Å². The van der Waals surface area contributed by atoms with E-state index in [1.807, 2.05) is 0 Å². The summed E-state index contributed by atoms with van der Waals surface area (Å²) >= 11 is 0. The number of likely N-dealkylation sites (N-methyl/N-ethyl adjacent to an activating group) is 1. The topological polar surface area (TPSA) is 61.8 Å². The smallest absolute Gasteiger partial charge is 0.320 e. The molecule has 0 bridgehead atoms. The molecule has 0 radical (unpaired) electrons. The van der Waals surface area contributed by atoms with E-state index >= 15 is 0 Å². The Morgan fingerprint density at radius 2 is 2.17 bits per heavy atom. The second-order valence-electron chi connectivity index (χ2n) is 5.07. The van der Waals surface area contributed by atoms with Crippen LogP contribution in [0.25, 0.3) is 0 Å². The number of rotatable bonds is 10. The maximum absolute atomic E-state index is 11.0. The third-order valence-corrected chi connectivity index (χ3v) is 3.81. The SMILES string of the molecule is CNC(CCN(CCOC)C(C)C1CC1)C(=O)O. The number of hydrogen-bond donors (Lipinski definition) is 2. The highest BCUT2D eigenvalue weighted by Gasteiger charge is 2.32. The van der Waals surface area contributed by atoms with Gasteiger partial charge >= 0.3 is 5.97 Å². The Morgan fingerprint density at radius 3 is 2.61 bits per heavy atom. The highest BCUT2D eigenvalue weighted by Crippen LogP contribution is 2.35. The summed E-state index contributed by atoms with van der Waals surface area (Å²) in [6.45, 7) is 4.62. The van der Waals surface area contributed by atoms with Gasteiger partial charge in [0.15, 0.2) is 0 Å². The summed E-state index contributed by atoms with van der Waals surface area (Å²) in [7, 11) is 3.40. The van der Waals surface area contributed by atoms with E-state index in [0.717, 1.165) is 19.0 Å². The Bertz CT molecular complexity index is 257. The minimum atomic E-state index is -0.775. The molecule has 1 saturated carbocycles. The van der Waals surface area contributed by atoms with Gasteiger partial charge in [-0.2, -0.15) is 0 Å². The van der Waals surface area contributed by atoms with Gasteiger partial charge in [-0.05, 0) is 39.2 Å². The minimum Gasteiger partial charge on any atom is -0.480 e. The average molecular weight is 258 g/mol. The number of ether oxygens (including phenoxy) is 1. The molecular formula is C13H26N2O3. The highest BCUT2D eigenvalue weighted by molar-refractivity contribution is 5.73. The van der Waals surface area contributed by atoms with Gasteiger partial charge < -0.3 is 15.2 Å². The van der Waals surface area contributed by atoms with Gasteiger partial charge in [-0.25, -0.2) is 0 Å². The number of nitrogens with zero attached hydrogens (tertiary/aromatic N) is 1. The second kappa shape index (κ2) is 7.71. The van der Waals surface area contributed by atoms with Crippen molar-refractivity contribution < 1.29 is 14.6 Å². The van der Waals surface area contributed by atoms with Crippen molar-refractivity contribution in [1.29, 1.82) is 0 Å². The van der Waals surface area contributed by atoms with E-state index in [2.05, 4.69) is 17.1 Å². The summed E-state index contributed by atoms with van der Waals surface area (Å²) in [5, 5.41) is 11.9. The summed E-state index contributed by atoms with van der Waals surface area (Å²) in [4.78, 5) is 13.3.